The van der Waals surface area contributed by atoms with Crippen molar-refractivity contribution in [2.75, 3.05) is 26.2 Å². The number of carbonyl (C=O) groups excluding carboxylic acids is 2. The molecule has 1 aromatic heterocycles. The Morgan fingerprint density at radius 1 is 1.37 bits per heavy atom. The highest BCUT2D eigenvalue weighted by molar-refractivity contribution is 7.07. The van der Waals surface area contributed by atoms with Crippen molar-refractivity contribution in [3.05, 3.63) is 58.6 Å². The molecule has 3 rings (SSSR count). The van der Waals surface area contributed by atoms with Crippen LogP contribution in [0.25, 0.3) is 6.08 Å². The molecule has 0 bridgehead atoms. The van der Waals surface area contributed by atoms with Gasteiger partial charge in [-0.25, -0.2) is 4.98 Å². The van der Waals surface area contributed by atoms with Crippen LogP contribution in [0.1, 0.15) is 17.7 Å². The van der Waals surface area contributed by atoms with Crippen LogP contribution in [0.2, 0.25) is 0 Å². The molecule has 1 aromatic carbocycles. The van der Waals surface area contributed by atoms with Gasteiger partial charge in [0.2, 0.25) is 11.8 Å². The van der Waals surface area contributed by atoms with Gasteiger partial charge in [-0.15, -0.1) is 11.3 Å². The molecule has 1 aliphatic heterocycles. The van der Waals surface area contributed by atoms with Crippen LogP contribution in [0.3, 0.4) is 0 Å². The van der Waals surface area contributed by atoms with Gasteiger partial charge in [0, 0.05) is 38.0 Å². The minimum Gasteiger partial charge on any atom is -0.356 e. The van der Waals surface area contributed by atoms with E-state index < -0.39 is 6.04 Å². The fourth-order valence-electron chi connectivity index (χ4n) is 3.03. The fourth-order valence-corrected chi connectivity index (χ4v) is 3.62. The SMILES string of the molecule is O=C(CC1C(=O)NCCN1C/C=C/c1ccccc1)NCCc1cscn1. The van der Waals surface area contributed by atoms with E-state index in [2.05, 4.69) is 20.5 Å². The summed E-state index contributed by atoms with van der Waals surface area (Å²) in [6.45, 7) is 2.52. The van der Waals surface area contributed by atoms with Gasteiger partial charge in [-0.05, 0) is 5.56 Å². The Morgan fingerprint density at radius 3 is 3.00 bits per heavy atom. The summed E-state index contributed by atoms with van der Waals surface area (Å²) < 4.78 is 0. The smallest absolute Gasteiger partial charge is 0.237 e. The van der Waals surface area contributed by atoms with Crippen molar-refractivity contribution in [3.63, 3.8) is 0 Å². The molecule has 1 atom stereocenters. The van der Waals surface area contributed by atoms with Gasteiger partial charge in [-0.3, -0.25) is 14.5 Å². The Labute approximate surface area is 163 Å². The highest BCUT2D eigenvalue weighted by Crippen LogP contribution is 2.10. The van der Waals surface area contributed by atoms with Crippen molar-refractivity contribution in [1.82, 2.24) is 20.5 Å². The van der Waals surface area contributed by atoms with Crippen molar-refractivity contribution in [2.24, 2.45) is 0 Å². The second kappa shape index (κ2) is 9.99. The number of hydrogen-bond donors (Lipinski definition) is 2. The van der Waals surface area contributed by atoms with Crippen molar-refractivity contribution >= 4 is 29.2 Å². The zero-order chi connectivity index (χ0) is 18.9. The second-order valence-electron chi connectivity index (χ2n) is 6.40. The second-order valence-corrected chi connectivity index (χ2v) is 7.12. The minimum atomic E-state index is -0.432. The Bertz CT molecular complexity index is 762. The predicted octanol–water partition coefficient (Wildman–Crippen LogP) is 1.71. The molecule has 27 heavy (non-hydrogen) atoms. The summed E-state index contributed by atoms with van der Waals surface area (Å²) in [4.78, 5) is 30.8. The van der Waals surface area contributed by atoms with Crippen LogP contribution in [0.4, 0.5) is 0 Å². The zero-order valence-corrected chi connectivity index (χ0v) is 16.0. The van der Waals surface area contributed by atoms with E-state index in [9.17, 15) is 9.59 Å². The van der Waals surface area contributed by atoms with Crippen molar-refractivity contribution in [2.45, 2.75) is 18.9 Å². The van der Waals surface area contributed by atoms with E-state index in [1.807, 2.05) is 47.9 Å². The summed E-state index contributed by atoms with van der Waals surface area (Å²) in [5.74, 6) is -0.187. The maximum absolute atomic E-state index is 12.3. The number of amides is 2. The number of nitrogens with zero attached hydrogens (tertiary/aromatic N) is 2. The van der Waals surface area contributed by atoms with Crippen LogP contribution >= 0.6 is 11.3 Å². The molecule has 1 fully saturated rings. The van der Waals surface area contributed by atoms with Gasteiger partial charge < -0.3 is 10.6 Å². The Morgan fingerprint density at radius 2 is 2.22 bits per heavy atom. The minimum absolute atomic E-state index is 0.0796. The van der Waals surface area contributed by atoms with Crippen LogP contribution < -0.4 is 10.6 Å². The van der Waals surface area contributed by atoms with Crippen molar-refractivity contribution in [3.8, 4) is 0 Å². The molecule has 0 radical (unpaired) electrons. The topological polar surface area (TPSA) is 74.3 Å². The molecule has 1 saturated heterocycles. The lowest BCUT2D eigenvalue weighted by Gasteiger charge is -2.33. The van der Waals surface area contributed by atoms with Crippen molar-refractivity contribution < 1.29 is 9.59 Å². The summed E-state index contributed by atoms with van der Waals surface area (Å²) in [6.07, 6.45) is 4.95. The molecular weight excluding hydrogens is 360 g/mol. The quantitative estimate of drug-likeness (QED) is 0.727. The van der Waals surface area contributed by atoms with Crippen LogP contribution in [-0.4, -0.2) is 53.9 Å². The van der Waals surface area contributed by atoms with Crippen LogP contribution in [0, 0.1) is 0 Å². The molecule has 1 unspecified atom stereocenters. The summed E-state index contributed by atoms with van der Waals surface area (Å²) in [5.41, 5.74) is 3.88. The molecule has 0 spiro atoms. The van der Waals surface area contributed by atoms with Crippen LogP contribution in [-0.2, 0) is 16.0 Å². The number of piperazine rings is 1. The molecule has 1 aliphatic rings. The Hall–Kier alpha value is -2.51. The molecule has 0 saturated carbocycles. The highest BCUT2D eigenvalue weighted by atomic mass is 32.1. The molecule has 2 aromatic rings. The summed E-state index contributed by atoms with van der Waals surface area (Å²) in [7, 11) is 0. The van der Waals surface area contributed by atoms with Gasteiger partial charge in [0.15, 0.2) is 0 Å². The summed E-state index contributed by atoms with van der Waals surface area (Å²) >= 11 is 1.54. The van der Waals surface area contributed by atoms with Crippen LogP contribution in [0.15, 0.2) is 47.3 Å². The number of hydrogen-bond acceptors (Lipinski definition) is 5. The van der Waals surface area contributed by atoms with Gasteiger partial charge in [0.1, 0.15) is 0 Å². The largest absolute Gasteiger partial charge is 0.356 e. The van der Waals surface area contributed by atoms with E-state index >= 15 is 0 Å². The molecule has 0 aliphatic carbocycles. The fraction of sp³-hybridized carbons (Fsp3) is 0.350. The lowest BCUT2D eigenvalue weighted by atomic mass is 10.1. The maximum atomic E-state index is 12.3. The molecule has 2 N–H and O–H groups in total. The summed E-state index contributed by atoms with van der Waals surface area (Å²) in [5, 5.41) is 7.73. The molecular formula is C20H24N4O2S. The van der Waals surface area contributed by atoms with E-state index in [0.717, 1.165) is 17.8 Å². The first-order valence-electron chi connectivity index (χ1n) is 9.09. The number of thiazole rings is 1. The van der Waals surface area contributed by atoms with Gasteiger partial charge in [0.25, 0.3) is 0 Å². The van der Waals surface area contributed by atoms with Crippen LogP contribution in [0.5, 0.6) is 0 Å². The average Bonchev–Trinajstić information content (AvgIpc) is 3.19. The first-order chi connectivity index (χ1) is 13.2. The number of nitrogens with one attached hydrogen (secondary N) is 2. The predicted molar refractivity (Wildman–Crippen MR) is 107 cm³/mol. The molecule has 6 nitrogen and oxygen atoms in total. The zero-order valence-electron chi connectivity index (χ0n) is 15.1. The molecule has 2 amide bonds. The van der Waals surface area contributed by atoms with Gasteiger partial charge in [-0.1, -0.05) is 42.5 Å². The molecule has 7 heteroatoms. The van der Waals surface area contributed by atoms with E-state index in [1.54, 1.807) is 16.8 Å². The number of benzene rings is 1. The lowest BCUT2D eigenvalue weighted by molar-refractivity contribution is -0.133. The van der Waals surface area contributed by atoms with Gasteiger partial charge >= 0.3 is 0 Å². The van der Waals surface area contributed by atoms with E-state index in [4.69, 9.17) is 0 Å². The maximum Gasteiger partial charge on any atom is 0.237 e. The molecule has 2 heterocycles. The third-order valence-corrected chi connectivity index (χ3v) is 5.09. The lowest BCUT2D eigenvalue weighted by Crippen LogP contribution is -2.56. The third kappa shape index (κ3) is 6.01. The number of aromatic nitrogens is 1. The summed E-state index contributed by atoms with van der Waals surface area (Å²) in [6, 6.07) is 9.60. The van der Waals surface area contributed by atoms with Gasteiger partial charge in [-0.2, -0.15) is 0 Å². The first-order valence-corrected chi connectivity index (χ1v) is 10.0. The standard InChI is InChI=1S/C20H24N4O2S/c25-19(21-9-8-17-14-27-15-23-17)13-18-20(26)22-10-12-24(18)11-4-7-16-5-2-1-3-6-16/h1-7,14-15,18H,8-13H2,(H,21,25)(H,22,26)/b7-4+. The first kappa shape index (κ1) is 19.3. The monoisotopic (exact) mass is 384 g/mol. The Kier molecular flexibility index (Phi) is 7.12. The normalized spacial score (nSPS) is 17.8. The van der Waals surface area contributed by atoms with Gasteiger partial charge in [0.05, 0.1) is 23.7 Å². The average molecular weight is 385 g/mol. The Balaban J connectivity index is 1.50. The number of rotatable bonds is 8. The van der Waals surface area contributed by atoms with E-state index in [-0.39, 0.29) is 18.2 Å². The van der Waals surface area contributed by atoms with E-state index in [0.29, 0.717) is 26.1 Å². The number of carbonyl (C=O) groups is 2. The van der Waals surface area contributed by atoms with Crippen molar-refractivity contribution in [1.29, 1.82) is 0 Å². The highest BCUT2D eigenvalue weighted by Gasteiger charge is 2.30. The van der Waals surface area contributed by atoms with E-state index in [1.165, 1.54) is 0 Å². The molecule has 142 valence electrons. The third-order valence-electron chi connectivity index (χ3n) is 4.46.